The van der Waals surface area contributed by atoms with Crippen LogP contribution in [0, 0.1) is 19.8 Å². The van der Waals surface area contributed by atoms with Gasteiger partial charge in [-0.2, -0.15) is 4.98 Å². The maximum Gasteiger partial charge on any atom is 0.291 e. The molecule has 0 bridgehead atoms. The topological polar surface area (TPSA) is 98.2 Å². The molecular formula is C14H20N6O. The zero-order chi connectivity index (χ0) is 15.0. The van der Waals surface area contributed by atoms with Crippen LogP contribution >= 0.6 is 0 Å². The molecule has 0 spiro atoms. The van der Waals surface area contributed by atoms with E-state index in [1.807, 2.05) is 19.9 Å². The first-order chi connectivity index (χ1) is 10.1. The van der Waals surface area contributed by atoms with Gasteiger partial charge in [0.2, 0.25) is 5.82 Å². The minimum absolute atomic E-state index is 0.130. The van der Waals surface area contributed by atoms with Crippen LogP contribution < -0.4 is 11.1 Å². The van der Waals surface area contributed by atoms with Gasteiger partial charge in [0.1, 0.15) is 0 Å². The lowest BCUT2D eigenvalue weighted by atomic mass is 10.0. The average Bonchev–Trinajstić information content (AvgIpc) is 3.04. The standard InChI is InChI=1S/C14H20N6O/c1-8-6-9(2)20-14(16-8)18-12(19-20)13(21)17-11-5-3-4-10(11)7-15/h6,10-11H,3-5,7,15H2,1-2H3,(H,17,21). The van der Waals surface area contributed by atoms with Crippen LogP contribution in [-0.2, 0) is 0 Å². The lowest BCUT2D eigenvalue weighted by Crippen LogP contribution is -2.40. The number of nitrogens with two attached hydrogens (primary N) is 1. The first-order valence-electron chi connectivity index (χ1n) is 7.30. The molecule has 2 aromatic heterocycles. The summed E-state index contributed by atoms with van der Waals surface area (Å²) >= 11 is 0. The Bertz CT molecular complexity index is 679. The molecule has 0 saturated heterocycles. The Balaban J connectivity index is 1.83. The molecule has 0 aromatic carbocycles. The van der Waals surface area contributed by atoms with E-state index in [2.05, 4.69) is 20.4 Å². The monoisotopic (exact) mass is 288 g/mol. The molecule has 2 heterocycles. The number of nitrogens with one attached hydrogen (secondary N) is 1. The molecule has 1 aliphatic carbocycles. The lowest BCUT2D eigenvalue weighted by molar-refractivity contribution is 0.0918. The molecule has 2 atom stereocenters. The molecule has 2 aromatic rings. The van der Waals surface area contributed by atoms with Crippen molar-refractivity contribution in [1.29, 1.82) is 0 Å². The third-order valence-corrected chi connectivity index (χ3v) is 4.10. The molecule has 3 rings (SSSR count). The summed E-state index contributed by atoms with van der Waals surface area (Å²) in [6.07, 6.45) is 3.14. The fraction of sp³-hybridized carbons (Fsp3) is 0.571. The third-order valence-electron chi connectivity index (χ3n) is 4.10. The molecule has 112 valence electrons. The minimum Gasteiger partial charge on any atom is -0.346 e. The zero-order valence-corrected chi connectivity index (χ0v) is 12.3. The normalized spacial score (nSPS) is 21.9. The summed E-state index contributed by atoms with van der Waals surface area (Å²) < 4.78 is 1.59. The molecule has 7 heteroatoms. The van der Waals surface area contributed by atoms with Gasteiger partial charge < -0.3 is 11.1 Å². The number of aromatic nitrogens is 4. The smallest absolute Gasteiger partial charge is 0.291 e. The first kappa shape index (κ1) is 13.9. The summed E-state index contributed by atoms with van der Waals surface area (Å²) in [6.45, 7) is 4.41. The van der Waals surface area contributed by atoms with Crippen LogP contribution in [0.5, 0.6) is 0 Å². The molecule has 1 fully saturated rings. The van der Waals surface area contributed by atoms with E-state index in [0.717, 1.165) is 30.7 Å². The molecule has 0 radical (unpaired) electrons. The Morgan fingerprint density at radius 1 is 1.43 bits per heavy atom. The zero-order valence-electron chi connectivity index (χ0n) is 12.3. The van der Waals surface area contributed by atoms with Crippen molar-refractivity contribution in [3.63, 3.8) is 0 Å². The van der Waals surface area contributed by atoms with Crippen molar-refractivity contribution < 1.29 is 4.79 Å². The van der Waals surface area contributed by atoms with E-state index in [1.54, 1.807) is 4.52 Å². The molecule has 1 aliphatic rings. The molecule has 1 saturated carbocycles. The lowest BCUT2D eigenvalue weighted by Gasteiger charge is -2.18. The second-order valence-corrected chi connectivity index (χ2v) is 5.69. The number of hydrogen-bond acceptors (Lipinski definition) is 5. The Labute approximate surface area is 123 Å². The maximum absolute atomic E-state index is 12.3. The van der Waals surface area contributed by atoms with Crippen molar-refractivity contribution in [3.05, 3.63) is 23.3 Å². The van der Waals surface area contributed by atoms with E-state index in [9.17, 15) is 4.79 Å². The van der Waals surface area contributed by atoms with Crippen molar-refractivity contribution in [1.82, 2.24) is 24.9 Å². The van der Waals surface area contributed by atoms with Crippen LogP contribution in [0.4, 0.5) is 0 Å². The summed E-state index contributed by atoms with van der Waals surface area (Å²) in [5.74, 6) is 0.731. The van der Waals surface area contributed by atoms with Crippen LogP contribution in [0.25, 0.3) is 5.78 Å². The van der Waals surface area contributed by atoms with Crippen molar-refractivity contribution in [2.24, 2.45) is 11.7 Å². The summed E-state index contributed by atoms with van der Waals surface area (Å²) in [7, 11) is 0. The average molecular weight is 288 g/mol. The Hall–Kier alpha value is -2.02. The van der Waals surface area contributed by atoms with Gasteiger partial charge in [0.05, 0.1) is 0 Å². The highest BCUT2D eigenvalue weighted by atomic mass is 16.2. The molecule has 21 heavy (non-hydrogen) atoms. The van der Waals surface area contributed by atoms with Crippen LogP contribution in [-0.4, -0.2) is 38.1 Å². The van der Waals surface area contributed by atoms with Gasteiger partial charge in [0, 0.05) is 17.4 Å². The van der Waals surface area contributed by atoms with E-state index in [0.29, 0.717) is 18.2 Å². The second kappa shape index (κ2) is 5.40. The Morgan fingerprint density at radius 2 is 2.24 bits per heavy atom. The van der Waals surface area contributed by atoms with E-state index < -0.39 is 0 Å². The quantitative estimate of drug-likeness (QED) is 0.861. The summed E-state index contributed by atoms with van der Waals surface area (Å²) in [5.41, 5.74) is 7.51. The number of carbonyl (C=O) groups is 1. The molecule has 3 N–H and O–H groups in total. The van der Waals surface area contributed by atoms with E-state index >= 15 is 0 Å². The highest BCUT2D eigenvalue weighted by Gasteiger charge is 2.28. The largest absolute Gasteiger partial charge is 0.346 e. The highest BCUT2D eigenvalue weighted by molar-refractivity contribution is 5.91. The van der Waals surface area contributed by atoms with E-state index in [1.165, 1.54) is 0 Å². The van der Waals surface area contributed by atoms with Crippen LogP contribution in [0.2, 0.25) is 0 Å². The van der Waals surface area contributed by atoms with Gasteiger partial charge in [0.15, 0.2) is 0 Å². The number of fused-ring (bicyclic) bond motifs is 1. The van der Waals surface area contributed by atoms with Crippen LogP contribution in [0.3, 0.4) is 0 Å². The van der Waals surface area contributed by atoms with Crippen LogP contribution in [0.15, 0.2) is 6.07 Å². The molecule has 0 aliphatic heterocycles. The molecule has 7 nitrogen and oxygen atoms in total. The predicted octanol–water partition coefficient (Wildman–Crippen LogP) is 0.598. The Morgan fingerprint density at radius 3 is 3.00 bits per heavy atom. The number of rotatable bonds is 3. The van der Waals surface area contributed by atoms with E-state index in [4.69, 9.17) is 5.73 Å². The van der Waals surface area contributed by atoms with Crippen LogP contribution in [0.1, 0.15) is 41.3 Å². The molecule has 1 amide bonds. The van der Waals surface area contributed by atoms with Crippen molar-refractivity contribution in [3.8, 4) is 0 Å². The predicted molar refractivity (Wildman–Crippen MR) is 77.9 cm³/mol. The van der Waals surface area contributed by atoms with Gasteiger partial charge in [-0.3, -0.25) is 4.79 Å². The summed E-state index contributed by atoms with van der Waals surface area (Å²) in [4.78, 5) is 20.8. The van der Waals surface area contributed by atoms with Crippen molar-refractivity contribution >= 4 is 11.7 Å². The fourth-order valence-electron chi connectivity index (χ4n) is 3.00. The Kier molecular flexibility index (Phi) is 3.59. The maximum atomic E-state index is 12.3. The van der Waals surface area contributed by atoms with Gasteiger partial charge in [-0.15, -0.1) is 5.10 Å². The van der Waals surface area contributed by atoms with E-state index in [-0.39, 0.29) is 17.8 Å². The SMILES string of the molecule is Cc1cc(C)n2nc(C(=O)NC3CCCC3CN)nc2n1. The van der Waals surface area contributed by atoms with Gasteiger partial charge in [-0.05, 0) is 45.2 Å². The number of hydrogen-bond donors (Lipinski definition) is 2. The fourth-order valence-corrected chi connectivity index (χ4v) is 3.00. The summed E-state index contributed by atoms with van der Waals surface area (Å²) in [6, 6.07) is 2.04. The minimum atomic E-state index is -0.247. The summed E-state index contributed by atoms with van der Waals surface area (Å²) in [5, 5.41) is 7.25. The highest BCUT2D eigenvalue weighted by Crippen LogP contribution is 2.24. The third kappa shape index (κ3) is 2.61. The molecule has 2 unspecified atom stereocenters. The van der Waals surface area contributed by atoms with Crippen molar-refractivity contribution in [2.45, 2.75) is 39.2 Å². The number of nitrogens with zero attached hydrogens (tertiary/aromatic N) is 4. The number of aryl methyl sites for hydroxylation is 2. The van der Waals surface area contributed by atoms with Gasteiger partial charge in [-0.25, -0.2) is 9.50 Å². The van der Waals surface area contributed by atoms with Gasteiger partial charge in [0.25, 0.3) is 11.7 Å². The molecular weight excluding hydrogens is 268 g/mol. The second-order valence-electron chi connectivity index (χ2n) is 5.69. The van der Waals surface area contributed by atoms with Gasteiger partial charge in [-0.1, -0.05) is 6.42 Å². The van der Waals surface area contributed by atoms with Crippen molar-refractivity contribution in [2.75, 3.05) is 6.54 Å². The number of carbonyl (C=O) groups excluding carboxylic acids is 1. The first-order valence-corrected chi connectivity index (χ1v) is 7.30. The van der Waals surface area contributed by atoms with Gasteiger partial charge >= 0.3 is 0 Å². The number of amides is 1.